The molecule has 1 heterocycles. The summed E-state index contributed by atoms with van der Waals surface area (Å²) in [6.07, 6.45) is -0.00903. The van der Waals surface area contributed by atoms with Crippen molar-refractivity contribution >= 4 is 17.9 Å². The van der Waals surface area contributed by atoms with Crippen molar-refractivity contribution < 1.29 is 69.8 Å². The van der Waals surface area contributed by atoms with Gasteiger partial charge in [0.25, 0.3) is 0 Å². The summed E-state index contributed by atoms with van der Waals surface area (Å²) in [4.78, 5) is 38.0. The SMILES string of the molecule is O=C1OCCCOC(=O)c2cc(O)c(O)c(-c3c(C(=O)O)cc(O)c(O)c3O)c2-c2c1cc(O)c(O)c2O. The summed E-state index contributed by atoms with van der Waals surface area (Å²) >= 11 is 0. The standard InChI is InChI=1S/C24H18O14/c25-10-5-8-13(16(17(10)28)14-7(22(33)34)4-11(26)18(29)20(14)31)15-9(6-12(27)19(30)21(15)32)24(36)38-3-1-2-37-23(8)35/h4-6,25-32H,1-3H2,(H,33,34). The number of carbonyl (C=O) groups excluding carboxylic acids is 2. The Labute approximate surface area is 211 Å². The van der Waals surface area contributed by atoms with Crippen molar-refractivity contribution in [3.8, 4) is 68.2 Å². The number of phenolic OH excluding ortho intramolecular Hbond substituents is 8. The predicted octanol–water partition coefficient (Wildman–Crippen LogP) is 2.08. The van der Waals surface area contributed by atoms with E-state index in [1.54, 1.807) is 0 Å². The molecule has 0 spiro atoms. The summed E-state index contributed by atoms with van der Waals surface area (Å²) in [7, 11) is 0. The molecule has 3 aromatic rings. The summed E-state index contributed by atoms with van der Waals surface area (Å²) in [5.41, 5.74) is -5.91. The van der Waals surface area contributed by atoms with E-state index in [4.69, 9.17) is 9.47 Å². The molecule has 9 N–H and O–H groups in total. The van der Waals surface area contributed by atoms with Gasteiger partial charge in [-0.1, -0.05) is 0 Å². The molecule has 1 aliphatic heterocycles. The number of rotatable bonds is 2. The van der Waals surface area contributed by atoms with Crippen LogP contribution in [0.3, 0.4) is 0 Å². The average molecular weight is 530 g/mol. The number of carboxylic acid groups (broad SMARTS) is 1. The molecule has 0 unspecified atom stereocenters. The number of aromatic carboxylic acids is 1. The quantitative estimate of drug-likeness (QED) is 0.170. The molecule has 0 radical (unpaired) electrons. The highest BCUT2D eigenvalue weighted by atomic mass is 16.5. The number of esters is 2. The first-order chi connectivity index (χ1) is 17.9. The van der Waals surface area contributed by atoms with Crippen molar-refractivity contribution in [2.75, 3.05) is 13.2 Å². The van der Waals surface area contributed by atoms with Crippen molar-refractivity contribution in [2.45, 2.75) is 6.42 Å². The second kappa shape index (κ2) is 9.16. The largest absolute Gasteiger partial charge is 0.504 e. The van der Waals surface area contributed by atoms with Crippen LogP contribution < -0.4 is 0 Å². The van der Waals surface area contributed by atoms with Gasteiger partial charge in [0.1, 0.15) is 0 Å². The third-order valence-electron chi connectivity index (χ3n) is 5.71. The number of aromatic hydroxyl groups is 8. The molecule has 38 heavy (non-hydrogen) atoms. The summed E-state index contributed by atoms with van der Waals surface area (Å²) in [5.74, 6) is -13.7. The van der Waals surface area contributed by atoms with Gasteiger partial charge in [0, 0.05) is 28.7 Å². The molecule has 14 heteroatoms. The first kappa shape index (κ1) is 25.6. The Kier molecular flexibility index (Phi) is 6.16. The van der Waals surface area contributed by atoms with Crippen LogP contribution in [-0.2, 0) is 9.47 Å². The molecule has 3 aromatic carbocycles. The Balaban J connectivity index is 2.33. The van der Waals surface area contributed by atoms with E-state index >= 15 is 0 Å². The molecular weight excluding hydrogens is 512 g/mol. The summed E-state index contributed by atoms with van der Waals surface area (Å²) in [6.45, 7) is -0.629. The van der Waals surface area contributed by atoms with Crippen LogP contribution in [0.4, 0.5) is 0 Å². The molecular formula is C24H18O14. The molecule has 0 bridgehead atoms. The lowest BCUT2D eigenvalue weighted by molar-refractivity contribution is 0.0398. The highest BCUT2D eigenvalue weighted by molar-refractivity contribution is 6.13. The predicted molar refractivity (Wildman–Crippen MR) is 123 cm³/mol. The number of cyclic esters (lactones) is 2. The molecule has 4 rings (SSSR count). The fourth-order valence-electron chi connectivity index (χ4n) is 3.99. The molecule has 0 atom stereocenters. The highest BCUT2D eigenvalue weighted by Gasteiger charge is 2.36. The number of benzene rings is 3. The van der Waals surface area contributed by atoms with E-state index in [9.17, 15) is 60.3 Å². The number of carbonyl (C=O) groups is 3. The maximum absolute atomic E-state index is 13.1. The van der Waals surface area contributed by atoms with Crippen LogP contribution in [0.15, 0.2) is 18.2 Å². The maximum Gasteiger partial charge on any atom is 0.339 e. The number of ether oxygens (including phenoxy) is 2. The molecule has 0 aromatic heterocycles. The van der Waals surface area contributed by atoms with E-state index in [-0.39, 0.29) is 19.6 Å². The van der Waals surface area contributed by atoms with Crippen LogP contribution in [0, 0.1) is 0 Å². The van der Waals surface area contributed by atoms with E-state index in [0.29, 0.717) is 18.2 Å². The van der Waals surface area contributed by atoms with Gasteiger partial charge in [-0.05, 0) is 18.2 Å². The normalized spacial score (nSPS) is 13.5. The minimum Gasteiger partial charge on any atom is -0.504 e. The fourth-order valence-corrected chi connectivity index (χ4v) is 3.99. The Morgan fingerprint density at radius 3 is 1.55 bits per heavy atom. The topological polar surface area (TPSA) is 252 Å². The lowest BCUT2D eigenvalue weighted by Crippen LogP contribution is -2.10. The number of phenols is 8. The third kappa shape index (κ3) is 3.89. The van der Waals surface area contributed by atoms with Gasteiger partial charge in [0.15, 0.2) is 34.5 Å². The van der Waals surface area contributed by atoms with Gasteiger partial charge >= 0.3 is 17.9 Å². The molecule has 0 saturated carbocycles. The summed E-state index contributed by atoms with van der Waals surface area (Å²) in [5, 5.41) is 92.9. The second-order valence-electron chi connectivity index (χ2n) is 8.00. The highest BCUT2D eigenvalue weighted by Crippen LogP contribution is 2.56. The number of fused-ring (bicyclic) bond motifs is 3. The number of hydrogen-bond acceptors (Lipinski definition) is 13. The molecule has 14 nitrogen and oxygen atoms in total. The van der Waals surface area contributed by atoms with Crippen molar-refractivity contribution in [1.29, 1.82) is 0 Å². The third-order valence-corrected chi connectivity index (χ3v) is 5.71. The molecule has 1 aliphatic rings. The zero-order valence-electron chi connectivity index (χ0n) is 18.9. The monoisotopic (exact) mass is 530 g/mol. The minimum absolute atomic E-state index is 0.00903. The average Bonchev–Trinajstić information content (AvgIpc) is 2.88. The molecule has 0 aliphatic carbocycles. The zero-order chi connectivity index (χ0) is 28.0. The fraction of sp³-hybridized carbons (Fsp3) is 0.125. The van der Waals surface area contributed by atoms with Gasteiger partial charge in [0.05, 0.1) is 29.9 Å². The Morgan fingerprint density at radius 2 is 1.03 bits per heavy atom. The first-order valence-electron chi connectivity index (χ1n) is 10.6. The van der Waals surface area contributed by atoms with Crippen LogP contribution in [0.2, 0.25) is 0 Å². The summed E-state index contributed by atoms with van der Waals surface area (Å²) in [6, 6.07) is 1.78. The van der Waals surface area contributed by atoms with Gasteiger partial charge in [0.2, 0.25) is 11.5 Å². The second-order valence-corrected chi connectivity index (χ2v) is 8.00. The van der Waals surface area contributed by atoms with Crippen molar-refractivity contribution in [3.63, 3.8) is 0 Å². The van der Waals surface area contributed by atoms with Gasteiger partial charge in [-0.2, -0.15) is 0 Å². The van der Waals surface area contributed by atoms with Gasteiger partial charge in [-0.25, -0.2) is 14.4 Å². The maximum atomic E-state index is 13.1. The minimum atomic E-state index is -1.83. The van der Waals surface area contributed by atoms with Crippen LogP contribution in [-0.4, -0.2) is 77.1 Å². The lowest BCUT2D eigenvalue weighted by Gasteiger charge is -2.22. The molecule has 198 valence electrons. The Hall–Kier alpha value is -5.53. The van der Waals surface area contributed by atoms with Crippen LogP contribution in [0.25, 0.3) is 22.3 Å². The van der Waals surface area contributed by atoms with Crippen LogP contribution in [0.1, 0.15) is 37.5 Å². The smallest absolute Gasteiger partial charge is 0.339 e. The van der Waals surface area contributed by atoms with E-state index in [1.165, 1.54) is 0 Å². The van der Waals surface area contributed by atoms with E-state index in [1.807, 2.05) is 0 Å². The summed E-state index contributed by atoms with van der Waals surface area (Å²) < 4.78 is 10.2. The molecule has 0 amide bonds. The number of carboxylic acids is 1. The van der Waals surface area contributed by atoms with Crippen molar-refractivity contribution in [2.24, 2.45) is 0 Å². The van der Waals surface area contributed by atoms with Gasteiger partial charge < -0.3 is 55.4 Å². The van der Waals surface area contributed by atoms with Crippen LogP contribution >= 0.6 is 0 Å². The number of hydrogen-bond donors (Lipinski definition) is 9. The van der Waals surface area contributed by atoms with E-state index in [0.717, 1.165) is 0 Å². The first-order valence-corrected chi connectivity index (χ1v) is 10.6. The Bertz CT molecular complexity index is 1540. The van der Waals surface area contributed by atoms with Crippen LogP contribution in [0.5, 0.6) is 46.0 Å². The lowest BCUT2D eigenvalue weighted by atomic mass is 9.84. The van der Waals surface area contributed by atoms with E-state index < -0.39 is 103 Å². The Morgan fingerprint density at radius 1 is 0.579 bits per heavy atom. The van der Waals surface area contributed by atoms with Gasteiger partial charge in [-0.3, -0.25) is 0 Å². The van der Waals surface area contributed by atoms with Crippen molar-refractivity contribution in [3.05, 3.63) is 34.9 Å². The zero-order valence-corrected chi connectivity index (χ0v) is 18.9. The molecule has 0 saturated heterocycles. The van der Waals surface area contributed by atoms with E-state index in [2.05, 4.69) is 0 Å². The van der Waals surface area contributed by atoms with Gasteiger partial charge in [-0.15, -0.1) is 0 Å². The molecule has 0 fully saturated rings. The van der Waals surface area contributed by atoms with Crippen molar-refractivity contribution in [1.82, 2.24) is 0 Å².